The summed E-state index contributed by atoms with van der Waals surface area (Å²) in [4.78, 5) is 9.27. The zero-order valence-electron chi connectivity index (χ0n) is 16.9. The Morgan fingerprint density at radius 1 is 0.900 bits per heavy atom. The topological polar surface area (TPSA) is 64.5 Å². The van der Waals surface area contributed by atoms with Gasteiger partial charge in [-0.15, -0.1) is 0 Å². The molecule has 30 heavy (non-hydrogen) atoms. The number of benzene rings is 2. The summed E-state index contributed by atoms with van der Waals surface area (Å²) in [6, 6.07) is 19.9. The van der Waals surface area contributed by atoms with Crippen LogP contribution in [0.25, 0.3) is 10.9 Å². The Bertz CT molecular complexity index is 1250. The number of fused-ring (bicyclic) bond motifs is 2. The molecule has 0 saturated heterocycles. The minimum Gasteiger partial charge on any atom is -0.505 e. The van der Waals surface area contributed by atoms with Gasteiger partial charge in [-0.2, -0.15) is 0 Å². The number of hydrogen-bond donors (Lipinski definition) is 1. The SMILES string of the molecule is Cc1cccc(CC(c2ccc3c(c2)OCO3)c2ccc3ccc(C)nc3c2O)n1. The highest BCUT2D eigenvalue weighted by Gasteiger charge is 2.24. The molecule has 4 aromatic rings. The van der Waals surface area contributed by atoms with E-state index < -0.39 is 0 Å². The number of nitrogens with zero attached hydrogens (tertiary/aromatic N) is 2. The van der Waals surface area contributed by atoms with Gasteiger partial charge in [0.15, 0.2) is 11.5 Å². The van der Waals surface area contributed by atoms with Crippen molar-refractivity contribution in [1.82, 2.24) is 9.97 Å². The number of phenols is 1. The van der Waals surface area contributed by atoms with E-state index in [1.54, 1.807) is 0 Å². The standard InChI is InChI=1S/C25H22N2O3/c1-15-4-3-5-19(26-15)13-21(18-9-11-22-23(12-18)30-14-29-22)20-10-8-17-7-6-16(2)27-24(17)25(20)28/h3-12,21,28H,13-14H2,1-2H3. The quantitative estimate of drug-likeness (QED) is 0.521. The maximum absolute atomic E-state index is 11.2. The van der Waals surface area contributed by atoms with Crippen LogP contribution >= 0.6 is 0 Å². The molecule has 5 nitrogen and oxygen atoms in total. The number of aryl methyl sites for hydroxylation is 2. The number of pyridine rings is 2. The van der Waals surface area contributed by atoms with E-state index in [4.69, 9.17) is 9.47 Å². The molecular formula is C25H22N2O3. The molecule has 0 radical (unpaired) electrons. The third-order valence-electron chi connectivity index (χ3n) is 5.54. The van der Waals surface area contributed by atoms with E-state index >= 15 is 0 Å². The molecular weight excluding hydrogens is 376 g/mol. The van der Waals surface area contributed by atoms with Crippen molar-refractivity contribution in [2.75, 3.05) is 6.79 Å². The minimum absolute atomic E-state index is 0.111. The summed E-state index contributed by atoms with van der Waals surface area (Å²) in [5.41, 5.74) is 5.28. The van der Waals surface area contributed by atoms with Gasteiger partial charge in [-0.05, 0) is 49.7 Å². The molecule has 0 saturated carbocycles. The van der Waals surface area contributed by atoms with Gasteiger partial charge in [0.25, 0.3) is 0 Å². The molecule has 5 heteroatoms. The third-order valence-corrected chi connectivity index (χ3v) is 5.54. The molecule has 0 fully saturated rings. The highest BCUT2D eigenvalue weighted by atomic mass is 16.7. The first-order valence-corrected chi connectivity index (χ1v) is 10.00. The Morgan fingerprint density at radius 2 is 1.70 bits per heavy atom. The lowest BCUT2D eigenvalue weighted by molar-refractivity contribution is 0.174. The fourth-order valence-corrected chi connectivity index (χ4v) is 4.03. The van der Waals surface area contributed by atoms with Crippen molar-refractivity contribution in [1.29, 1.82) is 0 Å². The Kier molecular flexibility index (Phi) is 4.51. The van der Waals surface area contributed by atoms with Crippen LogP contribution in [-0.4, -0.2) is 21.9 Å². The summed E-state index contributed by atoms with van der Waals surface area (Å²) in [6.07, 6.45) is 0.645. The number of aromatic nitrogens is 2. The number of hydrogen-bond acceptors (Lipinski definition) is 5. The monoisotopic (exact) mass is 398 g/mol. The van der Waals surface area contributed by atoms with Crippen LogP contribution in [0.5, 0.6) is 17.2 Å². The van der Waals surface area contributed by atoms with E-state index in [9.17, 15) is 5.11 Å². The van der Waals surface area contributed by atoms with Crippen molar-refractivity contribution >= 4 is 10.9 Å². The Balaban J connectivity index is 1.66. The largest absolute Gasteiger partial charge is 0.505 e. The van der Waals surface area contributed by atoms with Gasteiger partial charge in [0.05, 0.1) is 0 Å². The Morgan fingerprint density at radius 3 is 2.57 bits per heavy atom. The second kappa shape index (κ2) is 7.34. The zero-order chi connectivity index (χ0) is 20.7. The molecule has 0 bridgehead atoms. The molecule has 5 rings (SSSR count). The van der Waals surface area contributed by atoms with E-state index in [-0.39, 0.29) is 18.5 Å². The molecule has 3 heterocycles. The maximum Gasteiger partial charge on any atom is 0.231 e. The number of aromatic hydroxyl groups is 1. The van der Waals surface area contributed by atoms with Gasteiger partial charge in [-0.1, -0.05) is 30.3 Å². The van der Waals surface area contributed by atoms with E-state index in [2.05, 4.69) is 9.97 Å². The van der Waals surface area contributed by atoms with Gasteiger partial charge in [0.2, 0.25) is 6.79 Å². The molecule has 2 aromatic carbocycles. The predicted octanol–water partition coefficient (Wildman–Crippen LogP) is 5.06. The first-order chi connectivity index (χ1) is 14.6. The molecule has 0 spiro atoms. The first-order valence-electron chi connectivity index (χ1n) is 10.00. The number of rotatable bonds is 4. The normalized spacial score (nSPS) is 13.5. The maximum atomic E-state index is 11.2. The highest BCUT2D eigenvalue weighted by molar-refractivity contribution is 5.86. The van der Waals surface area contributed by atoms with Crippen LogP contribution in [0.15, 0.2) is 60.7 Å². The molecule has 1 atom stereocenters. The lowest BCUT2D eigenvalue weighted by Crippen LogP contribution is -2.08. The predicted molar refractivity (Wildman–Crippen MR) is 115 cm³/mol. The fourth-order valence-electron chi connectivity index (χ4n) is 4.03. The van der Waals surface area contributed by atoms with Gasteiger partial charge in [0, 0.05) is 40.4 Å². The van der Waals surface area contributed by atoms with Crippen molar-refractivity contribution in [2.24, 2.45) is 0 Å². The van der Waals surface area contributed by atoms with Crippen molar-refractivity contribution < 1.29 is 14.6 Å². The summed E-state index contributed by atoms with van der Waals surface area (Å²) < 4.78 is 11.1. The van der Waals surface area contributed by atoms with Crippen molar-refractivity contribution in [3.63, 3.8) is 0 Å². The summed E-state index contributed by atoms with van der Waals surface area (Å²) in [5, 5.41) is 12.1. The second-order valence-electron chi connectivity index (χ2n) is 7.67. The van der Waals surface area contributed by atoms with Crippen LogP contribution in [0, 0.1) is 13.8 Å². The molecule has 150 valence electrons. The molecule has 1 N–H and O–H groups in total. The third kappa shape index (κ3) is 3.32. The molecule has 1 aliphatic rings. The van der Waals surface area contributed by atoms with Crippen molar-refractivity contribution in [2.45, 2.75) is 26.2 Å². The molecule has 0 aliphatic carbocycles. The van der Waals surface area contributed by atoms with Crippen molar-refractivity contribution in [3.8, 4) is 17.2 Å². The van der Waals surface area contributed by atoms with Crippen LogP contribution in [0.3, 0.4) is 0 Å². The number of ether oxygens (including phenoxy) is 2. The molecule has 1 aliphatic heterocycles. The van der Waals surface area contributed by atoms with Gasteiger partial charge in [-0.25, -0.2) is 4.98 Å². The van der Waals surface area contributed by atoms with E-state index in [1.165, 1.54) is 0 Å². The molecule has 1 unspecified atom stereocenters. The van der Waals surface area contributed by atoms with Crippen molar-refractivity contribution in [3.05, 3.63) is 88.9 Å². The van der Waals surface area contributed by atoms with Crippen LogP contribution < -0.4 is 9.47 Å². The van der Waals surface area contributed by atoms with Crippen LogP contribution in [0.4, 0.5) is 0 Å². The lowest BCUT2D eigenvalue weighted by Gasteiger charge is -2.20. The van der Waals surface area contributed by atoms with E-state index in [0.29, 0.717) is 11.9 Å². The van der Waals surface area contributed by atoms with Crippen LogP contribution in [0.1, 0.15) is 34.1 Å². The zero-order valence-corrected chi connectivity index (χ0v) is 16.9. The second-order valence-corrected chi connectivity index (χ2v) is 7.67. The molecule has 0 amide bonds. The van der Waals surface area contributed by atoms with Gasteiger partial charge >= 0.3 is 0 Å². The highest BCUT2D eigenvalue weighted by Crippen LogP contribution is 2.41. The number of phenolic OH excluding ortho intramolecular Hbond substituents is 1. The summed E-state index contributed by atoms with van der Waals surface area (Å²) >= 11 is 0. The van der Waals surface area contributed by atoms with Gasteiger partial charge < -0.3 is 14.6 Å². The van der Waals surface area contributed by atoms with Gasteiger partial charge in [-0.3, -0.25) is 4.98 Å². The lowest BCUT2D eigenvalue weighted by atomic mass is 9.85. The van der Waals surface area contributed by atoms with Gasteiger partial charge in [0.1, 0.15) is 11.3 Å². The summed E-state index contributed by atoms with van der Waals surface area (Å²) in [7, 11) is 0. The fraction of sp³-hybridized carbons (Fsp3) is 0.200. The average Bonchev–Trinajstić information content (AvgIpc) is 3.21. The van der Waals surface area contributed by atoms with E-state index in [0.717, 1.165) is 45.1 Å². The first kappa shape index (κ1) is 18.4. The Labute approximate surface area is 175 Å². The van der Waals surface area contributed by atoms with Crippen LogP contribution in [0.2, 0.25) is 0 Å². The Hall–Kier alpha value is -3.60. The summed E-state index contributed by atoms with van der Waals surface area (Å²) in [6.45, 7) is 4.14. The molecule has 2 aromatic heterocycles. The minimum atomic E-state index is -0.111. The van der Waals surface area contributed by atoms with E-state index in [1.807, 2.05) is 74.5 Å². The smallest absolute Gasteiger partial charge is 0.231 e. The van der Waals surface area contributed by atoms with Crippen LogP contribution in [-0.2, 0) is 6.42 Å². The summed E-state index contributed by atoms with van der Waals surface area (Å²) in [5.74, 6) is 1.57. The average molecular weight is 398 g/mol.